The van der Waals surface area contributed by atoms with Crippen LogP contribution in [-0.2, 0) is 0 Å². The van der Waals surface area contributed by atoms with Gasteiger partial charge in [-0.15, -0.1) is 4.59 Å². The lowest BCUT2D eigenvalue weighted by Crippen LogP contribution is -2.53. The van der Waals surface area contributed by atoms with Crippen LogP contribution in [0.25, 0.3) is 0 Å². The van der Waals surface area contributed by atoms with Gasteiger partial charge in [0.1, 0.15) is 29.2 Å². The van der Waals surface area contributed by atoms with E-state index in [4.69, 9.17) is 15.6 Å². The molecule has 0 spiro atoms. The summed E-state index contributed by atoms with van der Waals surface area (Å²) in [5, 5.41) is 3.41. The van der Waals surface area contributed by atoms with E-state index in [9.17, 15) is 0 Å². The number of amidine groups is 1. The van der Waals surface area contributed by atoms with E-state index in [-0.39, 0.29) is 10.5 Å². The van der Waals surface area contributed by atoms with Crippen molar-refractivity contribution < 1.29 is 13.7 Å². The monoisotopic (exact) mass is 404 g/mol. The maximum Gasteiger partial charge on any atom is 0.267 e. The Morgan fingerprint density at radius 2 is 2.00 bits per heavy atom. The van der Waals surface area contributed by atoms with Crippen LogP contribution in [0.2, 0.25) is 0 Å². The van der Waals surface area contributed by atoms with E-state index < -0.39 is 5.82 Å². The molecule has 1 fully saturated rings. The summed E-state index contributed by atoms with van der Waals surface area (Å²) in [7, 11) is 0. The Hall–Kier alpha value is -3.13. The molecular formula is C23H23FN5O+. The number of ether oxygens (including phenoxy) is 1. The molecule has 0 amide bonds. The molecule has 1 unspecified atom stereocenters. The topological polar surface area (TPSA) is 72.0 Å². The lowest BCUT2D eigenvalue weighted by molar-refractivity contribution is -0.750. The van der Waals surface area contributed by atoms with Gasteiger partial charge in [-0.2, -0.15) is 10.8 Å². The van der Waals surface area contributed by atoms with Crippen molar-refractivity contribution >= 4 is 12.1 Å². The number of benzene rings is 2. The molecule has 3 heterocycles. The van der Waals surface area contributed by atoms with E-state index in [1.807, 2.05) is 30.3 Å². The number of para-hydroxylation sites is 1. The number of fused-ring (bicyclic) bond motifs is 1. The highest BCUT2D eigenvalue weighted by Gasteiger charge is 2.46. The van der Waals surface area contributed by atoms with Gasteiger partial charge in [0, 0.05) is 18.5 Å². The average molecular weight is 404 g/mol. The number of quaternary nitrogens is 1. The molecule has 0 saturated carbocycles. The average Bonchev–Trinajstić information content (AvgIpc) is 3.08. The zero-order chi connectivity index (χ0) is 20.6. The maximum absolute atomic E-state index is 15.2. The summed E-state index contributed by atoms with van der Waals surface area (Å²) in [6.45, 7) is 1.84. The molecule has 3 aliphatic heterocycles. The minimum Gasteiger partial charge on any atom is -0.457 e. The fraction of sp³-hybridized carbons (Fsp3) is 0.217. The number of piperidine rings is 1. The first-order valence-electron chi connectivity index (χ1n) is 10.1. The normalized spacial score (nSPS) is 25.3. The van der Waals surface area contributed by atoms with Crippen molar-refractivity contribution in [3.8, 4) is 11.5 Å². The second kappa shape index (κ2) is 7.60. The lowest BCUT2D eigenvalue weighted by Gasteiger charge is -2.27. The van der Waals surface area contributed by atoms with Gasteiger partial charge >= 0.3 is 0 Å². The van der Waals surface area contributed by atoms with Gasteiger partial charge in [0.25, 0.3) is 5.84 Å². The van der Waals surface area contributed by atoms with Gasteiger partial charge in [-0.25, -0.2) is 4.39 Å². The van der Waals surface area contributed by atoms with Crippen LogP contribution in [0, 0.1) is 11.7 Å². The van der Waals surface area contributed by atoms with Gasteiger partial charge in [-0.1, -0.05) is 18.2 Å². The Morgan fingerprint density at radius 3 is 2.77 bits per heavy atom. The zero-order valence-electron chi connectivity index (χ0n) is 16.5. The van der Waals surface area contributed by atoms with Gasteiger partial charge < -0.3 is 10.1 Å². The second-order valence-corrected chi connectivity index (χ2v) is 7.66. The molecule has 0 aromatic heterocycles. The van der Waals surface area contributed by atoms with Gasteiger partial charge in [0.15, 0.2) is 0 Å². The van der Waals surface area contributed by atoms with Crippen LogP contribution in [0.5, 0.6) is 11.5 Å². The molecule has 3 N–H and O–H groups in total. The maximum atomic E-state index is 15.2. The summed E-state index contributed by atoms with van der Waals surface area (Å²) in [5.74, 6) is 8.05. The predicted molar refractivity (Wildman–Crippen MR) is 114 cm³/mol. The Kier molecular flexibility index (Phi) is 4.78. The van der Waals surface area contributed by atoms with Crippen LogP contribution >= 0.6 is 0 Å². The van der Waals surface area contributed by atoms with Crippen molar-refractivity contribution in [2.24, 2.45) is 21.7 Å². The minimum atomic E-state index is -0.427. The molecule has 5 rings (SSSR count). The molecule has 2 aromatic rings. The summed E-state index contributed by atoms with van der Waals surface area (Å²) in [6, 6.07) is 14.1. The van der Waals surface area contributed by atoms with Gasteiger partial charge in [-0.3, -0.25) is 4.99 Å². The lowest BCUT2D eigenvalue weighted by atomic mass is 9.95. The van der Waals surface area contributed by atoms with E-state index in [1.54, 1.807) is 30.7 Å². The summed E-state index contributed by atoms with van der Waals surface area (Å²) in [6.07, 6.45) is 7.21. The largest absolute Gasteiger partial charge is 0.457 e. The number of hydrogen-bond donors (Lipinski definition) is 2. The van der Waals surface area contributed by atoms with Gasteiger partial charge in [0.2, 0.25) is 5.70 Å². The number of nitrogens with two attached hydrogens (primary N) is 1. The molecule has 2 aromatic carbocycles. The van der Waals surface area contributed by atoms with Crippen molar-refractivity contribution in [1.82, 2.24) is 5.32 Å². The third-order valence-electron chi connectivity index (χ3n) is 5.67. The number of allylic oxidation sites excluding steroid dienone is 1. The third kappa shape index (κ3) is 3.27. The van der Waals surface area contributed by atoms with Crippen LogP contribution in [0.4, 0.5) is 4.39 Å². The number of aliphatic imine (C=N–C) groups is 2. The van der Waals surface area contributed by atoms with E-state index >= 15 is 4.39 Å². The fourth-order valence-corrected chi connectivity index (χ4v) is 4.14. The van der Waals surface area contributed by atoms with Gasteiger partial charge in [0.05, 0.1) is 18.0 Å². The molecule has 152 valence electrons. The first-order valence-corrected chi connectivity index (χ1v) is 10.1. The van der Waals surface area contributed by atoms with Crippen LogP contribution in [0.1, 0.15) is 18.4 Å². The number of halogens is 1. The Labute approximate surface area is 174 Å². The highest BCUT2D eigenvalue weighted by molar-refractivity contribution is 6.00. The van der Waals surface area contributed by atoms with Crippen LogP contribution in [0.3, 0.4) is 0 Å². The molecule has 0 bridgehead atoms. The Morgan fingerprint density at radius 1 is 1.13 bits per heavy atom. The summed E-state index contributed by atoms with van der Waals surface area (Å²) >= 11 is 0. The third-order valence-corrected chi connectivity index (χ3v) is 5.67. The molecular weight excluding hydrogens is 381 g/mol. The smallest absolute Gasteiger partial charge is 0.267 e. The van der Waals surface area contributed by atoms with E-state index in [1.165, 1.54) is 6.07 Å². The predicted octanol–water partition coefficient (Wildman–Crippen LogP) is 3.84. The molecule has 7 heteroatoms. The highest BCUT2D eigenvalue weighted by Crippen LogP contribution is 2.37. The molecule has 30 heavy (non-hydrogen) atoms. The highest BCUT2D eigenvalue weighted by atomic mass is 19.1. The fourth-order valence-electron chi connectivity index (χ4n) is 4.14. The van der Waals surface area contributed by atoms with E-state index in [2.05, 4.69) is 10.3 Å². The molecule has 0 aliphatic carbocycles. The van der Waals surface area contributed by atoms with Gasteiger partial charge in [-0.05, 0) is 43.7 Å². The number of hydrogen-bond acceptors (Lipinski definition) is 5. The number of nitrogens with one attached hydrogen (secondary N) is 1. The summed E-state index contributed by atoms with van der Waals surface area (Å²) in [5.41, 5.74) is 2.04. The molecule has 2 atom stereocenters. The molecule has 6 nitrogen and oxygen atoms in total. The van der Waals surface area contributed by atoms with E-state index in [0.717, 1.165) is 37.3 Å². The standard InChI is InChI=1S/C23H23FN5O/c24-20-13-18(30-17-6-2-1-3-7-17)8-9-19(20)23-28-22(16-5-4-10-26-14-16)21-15-27-11-12-29(21,23)25/h1-3,6-9,11-13,15-16,26H,4-5,10,14,25H2/q+1/t16-,29?/m1/s1. The number of nitrogens with zero attached hydrogens (tertiary/aromatic N) is 3. The minimum absolute atomic E-state index is 0.175. The Balaban J connectivity index is 1.50. The van der Waals surface area contributed by atoms with Crippen LogP contribution in [-0.4, -0.2) is 29.7 Å². The molecule has 1 saturated heterocycles. The Bertz CT molecular complexity index is 1090. The zero-order valence-corrected chi connectivity index (χ0v) is 16.5. The SMILES string of the molecule is N[N+]12C=CN=CC1=C([C@@H]1CCCNC1)N=C2c1ccc(Oc2ccccc2)cc1F. The second-order valence-electron chi connectivity index (χ2n) is 7.66. The summed E-state index contributed by atoms with van der Waals surface area (Å²) in [4.78, 5) is 9.11. The number of rotatable bonds is 4. The van der Waals surface area contributed by atoms with Crippen LogP contribution < -0.4 is 15.9 Å². The van der Waals surface area contributed by atoms with Crippen molar-refractivity contribution in [2.75, 3.05) is 13.1 Å². The summed E-state index contributed by atoms with van der Waals surface area (Å²) < 4.78 is 20.8. The molecule has 3 aliphatic rings. The van der Waals surface area contributed by atoms with Crippen molar-refractivity contribution in [2.45, 2.75) is 12.8 Å². The van der Waals surface area contributed by atoms with Crippen LogP contribution in [0.15, 0.2) is 82.3 Å². The van der Waals surface area contributed by atoms with Crippen molar-refractivity contribution in [1.29, 1.82) is 0 Å². The molecule has 0 radical (unpaired) electrons. The van der Waals surface area contributed by atoms with Crippen molar-refractivity contribution in [3.05, 3.63) is 83.7 Å². The van der Waals surface area contributed by atoms with E-state index in [0.29, 0.717) is 22.9 Å². The first-order chi connectivity index (χ1) is 14.6. The van der Waals surface area contributed by atoms with Crippen molar-refractivity contribution in [3.63, 3.8) is 0 Å². The quantitative estimate of drug-likeness (QED) is 0.601. The first kappa shape index (κ1) is 18.9.